The normalized spacial score (nSPS) is 23.4. The summed E-state index contributed by atoms with van der Waals surface area (Å²) in [5.41, 5.74) is 3.34. The van der Waals surface area contributed by atoms with E-state index in [0.717, 1.165) is 42.2 Å². The zero-order valence-corrected chi connectivity index (χ0v) is 18.3. The molecule has 166 valence electrons. The van der Waals surface area contributed by atoms with E-state index < -0.39 is 12.1 Å². The molecule has 2 atom stereocenters. The van der Waals surface area contributed by atoms with Crippen molar-refractivity contribution in [2.24, 2.45) is 0 Å². The van der Waals surface area contributed by atoms with Gasteiger partial charge in [-0.2, -0.15) is 10.1 Å². The Kier molecular flexibility index (Phi) is 5.29. The summed E-state index contributed by atoms with van der Waals surface area (Å²) in [5, 5.41) is 21.4. The lowest BCUT2D eigenvalue weighted by Crippen LogP contribution is -2.43. The van der Waals surface area contributed by atoms with E-state index in [4.69, 9.17) is 9.97 Å². The van der Waals surface area contributed by atoms with Crippen molar-refractivity contribution in [2.45, 2.75) is 69.4 Å². The average molecular weight is 426 g/mol. The molecule has 0 bridgehead atoms. The lowest BCUT2D eigenvalue weighted by Gasteiger charge is -2.26. The summed E-state index contributed by atoms with van der Waals surface area (Å²) < 4.78 is 0. The number of hydrogen-bond donors (Lipinski definition) is 3. The van der Waals surface area contributed by atoms with E-state index in [-0.39, 0.29) is 5.91 Å². The molecule has 3 aliphatic rings. The van der Waals surface area contributed by atoms with Gasteiger partial charge in [0.15, 0.2) is 5.82 Å². The highest BCUT2D eigenvalue weighted by atomic mass is 16.3. The summed E-state index contributed by atoms with van der Waals surface area (Å²) in [4.78, 5) is 25.7. The van der Waals surface area contributed by atoms with Crippen LogP contribution in [0.15, 0.2) is 6.07 Å². The average Bonchev–Trinajstić information content (AvgIpc) is 3.52. The number of aliphatic hydroxyl groups excluding tert-OH is 1. The highest BCUT2D eigenvalue weighted by Crippen LogP contribution is 2.35. The van der Waals surface area contributed by atoms with Gasteiger partial charge in [0.1, 0.15) is 11.9 Å². The Morgan fingerprint density at radius 3 is 2.81 bits per heavy atom. The summed E-state index contributed by atoms with van der Waals surface area (Å²) in [5.74, 6) is 2.57. The molecule has 5 rings (SSSR count). The van der Waals surface area contributed by atoms with E-state index in [1.807, 2.05) is 4.90 Å². The summed E-state index contributed by atoms with van der Waals surface area (Å²) in [6.07, 6.45) is 7.69. The first kappa shape index (κ1) is 20.2. The summed E-state index contributed by atoms with van der Waals surface area (Å²) in [7, 11) is 3.47. The van der Waals surface area contributed by atoms with Crippen LogP contribution in [0.2, 0.25) is 0 Å². The van der Waals surface area contributed by atoms with Crippen LogP contribution in [0, 0.1) is 0 Å². The zero-order valence-electron chi connectivity index (χ0n) is 18.3. The van der Waals surface area contributed by atoms with Crippen LogP contribution in [0.25, 0.3) is 0 Å². The first-order chi connectivity index (χ1) is 15.0. The number of amides is 1. The third-order valence-electron chi connectivity index (χ3n) is 6.82. The SMILES string of the molecule is CN(C)C(=O)[C@@H]1C[C@@H](O)CN1c1nc2c(c(Nc3cc(C4CCCC4)[nH]n3)n1)CCC2. The van der Waals surface area contributed by atoms with E-state index in [0.29, 0.717) is 24.8 Å². The first-order valence-corrected chi connectivity index (χ1v) is 11.4. The fourth-order valence-corrected chi connectivity index (χ4v) is 5.19. The van der Waals surface area contributed by atoms with E-state index in [2.05, 4.69) is 21.6 Å². The van der Waals surface area contributed by atoms with Gasteiger partial charge in [-0.05, 0) is 32.1 Å². The predicted molar refractivity (Wildman–Crippen MR) is 118 cm³/mol. The van der Waals surface area contributed by atoms with Crippen LogP contribution in [-0.4, -0.2) is 68.9 Å². The summed E-state index contributed by atoms with van der Waals surface area (Å²) >= 11 is 0. The van der Waals surface area contributed by atoms with E-state index in [9.17, 15) is 9.90 Å². The van der Waals surface area contributed by atoms with Crippen molar-refractivity contribution in [2.75, 3.05) is 30.9 Å². The van der Waals surface area contributed by atoms with E-state index in [1.165, 1.54) is 31.4 Å². The van der Waals surface area contributed by atoms with Crippen LogP contribution in [0.5, 0.6) is 0 Å². The van der Waals surface area contributed by atoms with Crippen LogP contribution in [-0.2, 0) is 17.6 Å². The molecule has 1 aliphatic heterocycles. The Bertz CT molecular complexity index is 967. The number of nitrogens with one attached hydrogen (secondary N) is 2. The van der Waals surface area contributed by atoms with Gasteiger partial charge in [-0.25, -0.2) is 4.98 Å². The van der Waals surface area contributed by atoms with Crippen molar-refractivity contribution in [3.63, 3.8) is 0 Å². The van der Waals surface area contributed by atoms with Crippen LogP contribution in [0.3, 0.4) is 0 Å². The third-order valence-corrected chi connectivity index (χ3v) is 6.82. The molecule has 9 heteroatoms. The lowest BCUT2D eigenvalue weighted by molar-refractivity contribution is -0.130. The van der Waals surface area contributed by atoms with Crippen molar-refractivity contribution in [3.8, 4) is 0 Å². The molecule has 0 unspecified atom stereocenters. The molecule has 3 heterocycles. The second-order valence-corrected chi connectivity index (χ2v) is 9.26. The van der Waals surface area contributed by atoms with Crippen LogP contribution in [0.1, 0.15) is 61.4 Å². The van der Waals surface area contributed by atoms with Gasteiger partial charge < -0.3 is 20.2 Å². The molecule has 2 aliphatic carbocycles. The fraction of sp³-hybridized carbons (Fsp3) is 0.636. The minimum absolute atomic E-state index is 0.0383. The van der Waals surface area contributed by atoms with Crippen LogP contribution in [0.4, 0.5) is 17.6 Å². The number of rotatable bonds is 5. The third kappa shape index (κ3) is 3.86. The quantitative estimate of drug-likeness (QED) is 0.673. The topological polar surface area (TPSA) is 110 Å². The van der Waals surface area contributed by atoms with Gasteiger partial charge in [-0.15, -0.1) is 0 Å². The van der Waals surface area contributed by atoms with Gasteiger partial charge in [-0.1, -0.05) is 12.8 Å². The smallest absolute Gasteiger partial charge is 0.244 e. The van der Waals surface area contributed by atoms with Crippen LogP contribution < -0.4 is 10.2 Å². The van der Waals surface area contributed by atoms with Gasteiger partial charge in [-0.3, -0.25) is 9.89 Å². The maximum Gasteiger partial charge on any atom is 0.244 e. The Morgan fingerprint density at radius 2 is 2.03 bits per heavy atom. The number of fused-ring (bicyclic) bond motifs is 1. The maximum absolute atomic E-state index is 12.7. The van der Waals surface area contributed by atoms with Crippen molar-refractivity contribution in [1.29, 1.82) is 0 Å². The number of aryl methyl sites for hydroxylation is 1. The number of H-pyrrole nitrogens is 1. The Morgan fingerprint density at radius 1 is 1.23 bits per heavy atom. The Balaban J connectivity index is 1.44. The molecule has 31 heavy (non-hydrogen) atoms. The second kappa shape index (κ2) is 8.11. The van der Waals surface area contributed by atoms with Gasteiger partial charge >= 0.3 is 0 Å². The number of anilines is 3. The highest BCUT2D eigenvalue weighted by molar-refractivity contribution is 5.85. The molecule has 2 aromatic rings. The zero-order chi connectivity index (χ0) is 21.5. The molecule has 9 nitrogen and oxygen atoms in total. The van der Waals surface area contributed by atoms with Gasteiger partial charge in [0.25, 0.3) is 0 Å². The molecule has 2 aromatic heterocycles. The van der Waals surface area contributed by atoms with E-state index in [1.54, 1.807) is 19.0 Å². The van der Waals surface area contributed by atoms with Crippen LogP contribution >= 0.6 is 0 Å². The first-order valence-electron chi connectivity index (χ1n) is 11.4. The standard InChI is InChI=1S/C22H31N7O2/c1-28(2)21(31)18-10-14(30)12-29(18)22-23-16-9-5-8-15(16)20(25-22)24-19-11-17(26-27-19)13-6-3-4-7-13/h11,13-14,18,30H,3-10,12H2,1-2H3,(H2,23,24,25,26,27)/t14-,18+/m1/s1. The van der Waals surface area contributed by atoms with Crippen molar-refractivity contribution in [3.05, 3.63) is 23.0 Å². The largest absolute Gasteiger partial charge is 0.391 e. The van der Waals surface area contributed by atoms with Gasteiger partial charge in [0.05, 0.1) is 11.8 Å². The Labute approximate surface area is 182 Å². The molecule has 1 saturated carbocycles. The Hall–Kier alpha value is -2.68. The number of aromatic nitrogens is 4. The monoisotopic (exact) mass is 425 g/mol. The number of carbonyl (C=O) groups excluding carboxylic acids is 1. The minimum atomic E-state index is -0.567. The minimum Gasteiger partial charge on any atom is -0.391 e. The molecule has 3 N–H and O–H groups in total. The molecule has 1 saturated heterocycles. The molecule has 1 amide bonds. The fourth-order valence-electron chi connectivity index (χ4n) is 5.19. The molecule has 2 fully saturated rings. The number of nitrogens with zero attached hydrogens (tertiary/aromatic N) is 5. The maximum atomic E-state index is 12.7. The molecule has 0 spiro atoms. The van der Waals surface area contributed by atoms with E-state index >= 15 is 0 Å². The summed E-state index contributed by atoms with van der Waals surface area (Å²) in [6.45, 7) is 0.358. The number of carbonyl (C=O) groups is 1. The predicted octanol–water partition coefficient (Wildman–Crippen LogP) is 2.12. The number of aromatic amines is 1. The lowest BCUT2D eigenvalue weighted by atomic mass is 10.0. The van der Waals surface area contributed by atoms with Crippen molar-refractivity contribution < 1.29 is 9.90 Å². The number of β-amino-alcohol motifs (C(OH)–C–C–N with tert-alkyl or cyclic N) is 1. The summed E-state index contributed by atoms with van der Waals surface area (Å²) in [6, 6.07) is 1.65. The number of likely N-dealkylation sites (N-methyl/N-ethyl adjacent to an activating group) is 1. The van der Waals surface area contributed by atoms with Gasteiger partial charge in [0.2, 0.25) is 11.9 Å². The van der Waals surface area contributed by atoms with Gasteiger partial charge in [0, 0.05) is 50.3 Å². The number of hydrogen-bond acceptors (Lipinski definition) is 7. The molecule has 0 radical (unpaired) electrons. The molecular formula is C22H31N7O2. The van der Waals surface area contributed by atoms with Crippen molar-refractivity contribution >= 4 is 23.5 Å². The number of aliphatic hydroxyl groups is 1. The molecular weight excluding hydrogens is 394 g/mol. The second-order valence-electron chi connectivity index (χ2n) is 9.26. The molecule has 0 aromatic carbocycles. The van der Waals surface area contributed by atoms with Crippen molar-refractivity contribution in [1.82, 2.24) is 25.1 Å². The highest BCUT2D eigenvalue weighted by Gasteiger charge is 2.39.